The summed E-state index contributed by atoms with van der Waals surface area (Å²) in [6.07, 6.45) is 3.86. The molecule has 2 rings (SSSR count). The Morgan fingerprint density at radius 1 is 1.76 bits per heavy atom. The molecule has 0 radical (unpaired) electrons. The fourth-order valence-corrected chi connectivity index (χ4v) is 2.59. The van der Waals surface area contributed by atoms with E-state index in [2.05, 4.69) is 10.3 Å². The summed E-state index contributed by atoms with van der Waals surface area (Å²) in [5.74, 6) is 0.590. The summed E-state index contributed by atoms with van der Waals surface area (Å²) >= 11 is 1.62. The van der Waals surface area contributed by atoms with Crippen molar-refractivity contribution in [1.82, 2.24) is 15.2 Å². The number of thiazole rings is 1. The highest BCUT2D eigenvalue weighted by atomic mass is 32.1. The van der Waals surface area contributed by atoms with Crippen LogP contribution in [-0.4, -0.2) is 27.9 Å². The maximum Gasteiger partial charge on any atom is 0.274 e. The lowest BCUT2D eigenvalue weighted by Gasteiger charge is -2.30. The van der Waals surface area contributed by atoms with E-state index in [1.807, 2.05) is 18.0 Å². The first-order valence-corrected chi connectivity index (χ1v) is 6.22. The molecule has 0 bridgehead atoms. The molecule has 1 N–H and O–H groups in total. The summed E-state index contributed by atoms with van der Waals surface area (Å²) in [5, 5.41) is 14.6. The highest BCUT2D eigenvalue weighted by Gasteiger charge is 2.18. The van der Waals surface area contributed by atoms with Crippen molar-refractivity contribution in [3.05, 3.63) is 38.2 Å². The molecule has 2 heterocycles. The van der Waals surface area contributed by atoms with Crippen molar-refractivity contribution in [3.63, 3.8) is 0 Å². The smallest absolute Gasteiger partial charge is 0.274 e. The Bertz CT molecular complexity index is 443. The van der Waals surface area contributed by atoms with E-state index in [1.54, 1.807) is 11.3 Å². The molecule has 1 aromatic heterocycles. The van der Waals surface area contributed by atoms with E-state index in [9.17, 15) is 10.1 Å². The third-order valence-corrected chi connectivity index (χ3v) is 3.39. The van der Waals surface area contributed by atoms with Crippen LogP contribution in [0.2, 0.25) is 0 Å². The minimum absolute atomic E-state index is 0.418. The molecular weight excluding hydrogens is 240 g/mol. The average molecular weight is 254 g/mol. The number of nitro groups is 1. The van der Waals surface area contributed by atoms with E-state index in [4.69, 9.17) is 0 Å². The maximum atomic E-state index is 10.5. The van der Waals surface area contributed by atoms with Crippen molar-refractivity contribution in [1.29, 1.82) is 0 Å². The molecule has 1 aromatic rings. The number of nitrogens with zero attached hydrogens (tertiary/aromatic N) is 3. The Morgan fingerprint density at radius 2 is 2.59 bits per heavy atom. The second-order valence-corrected chi connectivity index (χ2v) is 5.17. The molecule has 1 fully saturated rings. The number of aromatic nitrogens is 1. The molecule has 0 spiro atoms. The van der Waals surface area contributed by atoms with Crippen molar-refractivity contribution in [2.24, 2.45) is 0 Å². The van der Waals surface area contributed by atoms with E-state index < -0.39 is 4.92 Å². The lowest BCUT2D eigenvalue weighted by atomic mass is 10.3. The molecule has 0 unspecified atom stereocenters. The predicted octanol–water partition coefficient (Wildman–Crippen LogP) is 1.32. The lowest BCUT2D eigenvalue weighted by molar-refractivity contribution is -0.405. The van der Waals surface area contributed by atoms with Gasteiger partial charge in [-0.15, -0.1) is 11.3 Å². The van der Waals surface area contributed by atoms with Crippen molar-refractivity contribution >= 4 is 11.3 Å². The number of hydrogen-bond acceptors (Lipinski definition) is 6. The highest BCUT2D eigenvalue weighted by Crippen LogP contribution is 2.18. The van der Waals surface area contributed by atoms with Gasteiger partial charge >= 0.3 is 0 Å². The van der Waals surface area contributed by atoms with Gasteiger partial charge in [0.2, 0.25) is 0 Å². The minimum atomic E-state index is -0.418. The van der Waals surface area contributed by atoms with Crippen LogP contribution < -0.4 is 5.32 Å². The van der Waals surface area contributed by atoms with Crippen LogP contribution in [0, 0.1) is 17.0 Å². The van der Waals surface area contributed by atoms with Crippen molar-refractivity contribution in [2.45, 2.75) is 19.9 Å². The van der Waals surface area contributed by atoms with Gasteiger partial charge in [-0.2, -0.15) is 0 Å². The molecule has 0 aliphatic carbocycles. The molecule has 92 valence electrons. The summed E-state index contributed by atoms with van der Waals surface area (Å²) in [5.41, 5.74) is 0. The molecule has 0 aromatic carbocycles. The van der Waals surface area contributed by atoms with Crippen LogP contribution in [0.5, 0.6) is 0 Å². The fraction of sp³-hybridized carbons (Fsp3) is 0.500. The zero-order chi connectivity index (χ0) is 12.3. The minimum Gasteiger partial charge on any atom is -0.367 e. The van der Waals surface area contributed by atoms with E-state index in [0.717, 1.165) is 35.6 Å². The molecule has 0 amide bonds. The summed E-state index contributed by atoms with van der Waals surface area (Å²) < 4.78 is 0. The topological polar surface area (TPSA) is 71.3 Å². The Balaban J connectivity index is 2.09. The van der Waals surface area contributed by atoms with Crippen LogP contribution in [-0.2, 0) is 6.54 Å². The van der Waals surface area contributed by atoms with Gasteiger partial charge in [-0.25, -0.2) is 4.98 Å². The monoisotopic (exact) mass is 254 g/mol. The zero-order valence-corrected chi connectivity index (χ0v) is 10.4. The molecule has 17 heavy (non-hydrogen) atoms. The predicted molar refractivity (Wildman–Crippen MR) is 65.0 cm³/mol. The SMILES string of the molecule is Cc1ncc(CN2CCCNC2=C[N+](=O)[O-])s1. The second kappa shape index (κ2) is 5.13. The lowest BCUT2D eigenvalue weighted by Crippen LogP contribution is -2.39. The molecule has 0 atom stereocenters. The highest BCUT2D eigenvalue weighted by molar-refractivity contribution is 7.11. The van der Waals surface area contributed by atoms with Gasteiger partial charge < -0.3 is 10.2 Å². The van der Waals surface area contributed by atoms with Gasteiger partial charge in [0, 0.05) is 24.2 Å². The van der Waals surface area contributed by atoms with Crippen molar-refractivity contribution < 1.29 is 4.92 Å². The van der Waals surface area contributed by atoms with Crippen LogP contribution in [0.15, 0.2) is 18.2 Å². The molecule has 1 saturated heterocycles. The van der Waals surface area contributed by atoms with Crippen LogP contribution >= 0.6 is 11.3 Å². The number of aryl methyl sites for hydroxylation is 1. The Morgan fingerprint density at radius 3 is 3.24 bits per heavy atom. The van der Waals surface area contributed by atoms with E-state index in [0.29, 0.717) is 12.4 Å². The van der Waals surface area contributed by atoms with Gasteiger partial charge in [0.1, 0.15) is 0 Å². The number of nitrogens with one attached hydrogen (secondary N) is 1. The van der Waals surface area contributed by atoms with Crippen LogP contribution in [0.25, 0.3) is 0 Å². The summed E-state index contributed by atoms with van der Waals surface area (Å²) in [6.45, 7) is 4.26. The zero-order valence-electron chi connectivity index (χ0n) is 9.55. The van der Waals surface area contributed by atoms with Gasteiger partial charge in [0.05, 0.1) is 16.5 Å². The Labute approximate surface area is 103 Å². The molecule has 1 aliphatic heterocycles. The van der Waals surface area contributed by atoms with Gasteiger partial charge in [0.15, 0.2) is 5.82 Å². The second-order valence-electron chi connectivity index (χ2n) is 3.85. The average Bonchev–Trinajstić information content (AvgIpc) is 2.66. The van der Waals surface area contributed by atoms with Crippen molar-refractivity contribution in [2.75, 3.05) is 13.1 Å². The first-order valence-electron chi connectivity index (χ1n) is 5.40. The number of rotatable bonds is 3. The van der Waals surface area contributed by atoms with Crippen LogP contribution in [0.4, 0.5) is 0 Å². The molecule has 7 heteroatoms. The Hall–Kier alpha value is -1.63. The molecule has 1 aliphatic rings. The van der Waals surface area contributed by atoms with Gasteiger partial charge in [0.25, 0.3) is 6.20 Å². The Kier molecular flexibility index (Phi) is 3.58. The standard InChI is InChI=1S/C10H14N4O2S/c1-8-12-5-9(17-8)6-13-4-2-3-11-10(13)7-14(15)16/h5,7,11H,2-4,6H2,1H3. The fourth-order valence-electron chi connectivity index (χ4n) is 1.78. The van der Waals surface area contributed by atoms with Crippen LogP contribution in [0.1, 0.15) is 16.3 Å². The first kappa shape index (κ1) is 11.8. The summed E-state index contributed by atoms with van der Waals surface area (Å²) in [7, 11) is 0. The van der Waals surface area contributed by atoms with Gasteiger partial charge in [-0.1, -0.05) is 0 Å². The summed E-state index contributed by atoms with van der Waals surface area (Å²) in [6, 6.07) is 0. The molecule has 6 nitrogen and oxygen atoms in total. The third kappa shape index (κ3) is 3.16. The van der Waals surface area contributed by atoms with E-state index in [1.165, 1.54) is 0 Å². The molecule has 0 saturated carbocycles. The summed E-state index contributed by atoms with van der Waals surface area (Å²) in [4.78, 5) is 17.4. The van der Waals surface area contributed by atoms with Crippen molar-refractivity contribution in [3.8, 4) is 0 Å². The van der Waals surface area contributed by atoms with Gasteiger partial charge in [-0.3, -0.25) is 10.1 Å². The normalized spacial score (nSPS) is 18.2. The first-order chi connectivity index (χ1) is 8.15. The maximum absolute atomic E-state index is 10.5. The number of hydrogen-bond donors (Lipinski definition) is 1. The van der Waals surface area contributed by atoms with Crippen LogP contribution in [0.3, 0.4) is 0 Å². The largest absolute Gasteiger partial charge is 0.367 e. The molecular formula is C10H14N4O2S. The van der Waals surface area contributed by atoms with E-state index in [-0.39, 0.29) is 0 Å². The third-order valence-electron chi connectivity index (χ3n) is 2.50. The van der Waals surface area contributed by atoms with E-state index >= 15 is 0 Å². The van der Waals surface area contributed by atoms with Gasteiger partial charge in [-0.05, 0) is 13.3 Å². The quantitative estimate of drug-likeness (QED) is 0.650.